The van der Waals surface area contributed by atoms with E-state index >= 15 is 0 Å². The summed E-state index contributed by atoms with van der Waals surface area (Å²) in [5.41, 5.74) is 4.56. The van der Waals surface area contributed by atoms with E-state index in [4.69, 9.17) is 15.6 Å². The van der Waals surface area contributed by atoms with E-state index in [-0.39, 0.29) is 0 Å². The third-order valence-corrected chi connectivity index (χ3v) is 3.90. The minimum Gasteiger partial charge on any atom is -0.480 e. The maximum atomic E-state index is 10.8. The molecule has 0 aromatic heterocycles. The van der Waals surface area contributed by atoms with Gasteiger partial charge in [-0.25, -0.2) is 0 Å². The molecule has 1 atom stereocenters. The number of carboxylic acid groups (broad SMARTS) is 1. The van der Waals surface area contributed by atoms with Crippen LogP contribution in [-0.4, -0.2) is 29.3 Å². The van der Waals surface area contributed by atoms with Crippen molar-refractivity contribution in [2.45, 2.75) is 70.4 Å². The van der Waals surface area contributed by atoms with E-state index in [2.05, 4.69) is 6.92 Å². The number of aliphatic carboxylic acids is 1. The van der Waals surface area contributed by atoms with Crippen molar-refractivity contribution < 1.29 is 14.6 Å². The van der Waals surface area contributed by atoms with Crippen molar-refractivity contribution in [3.05, 3.63) is 0 Å². The molecule has 106 valence electrons. The second-order valence-corrected chi connectivity index (χ2v) is 5.93. The van der Waals surface area contributed by atoms with Crippen LogP contribution in [0.15, 0.2) is 0 Å². The van der Waals surface area contributed by atoms with Crippen molar-refractivity contribution in [2.24, 2.45) is 11.7 Å². The Morgan fingerprint density at radius 1 is 1.33 bits per heavy atom. The van der Waals surface area contributed by atoms with E-state index in [0.717, 1.165) is 25.4 Å². The molecule has 0 saturated heterocycles. The predicted molar refractivity (Wildman–Crippen MR) is 71.5 cm³/mol. The van der Waals surface area contributed by atoms with Crippen LogP contribution in [-0.2, 0) is 9.53 Å². The summed E-state index contributed by atoms with van der Waals surface area (Å²) >= 11 is 0. The lowest BCUT2D eigenvalue weighted by atomic mass is 9.89. The fourth-order valence-corrected chi connectivity index (χ4v) is 2.35. The molecule has 0 heterocycles. The Labute approximate surface area is 110 Å². The van der Waals surface area contributed by atoms with E-state index in [9.17, 15) is 4.79 Å². The molecule has 4 heteroatoms. The molecule has 0 amide bonds. The fourth-order valence-electron chi connectivity index (χ4n) is 2.35. The van der Waals surface area contributed by atoms with Crippen LogP contribution in [0, 0.1) is 5.92 Å². The number of nitrogens with two attached hydrogens (primary N) is 1. The molecule has 0 radical (unpaired) electrons. The molecule has 3 N–H and O–H groups in total. The third kappa shape index (κ3) is 5.36. The first kappa shape index (κ1) is 15.4. The quantitative estimate of drug-likeness (QED) is 0.687. The molecule has 1 rings (SSSR count). The number of ether oxygens (including phenoxy) is 1. The number of hydrogen-bond donors (Lipinski definition) is 2. The molecule has 4 nitrogen and oxygen atoms in total. The maximum absolute atomic E-state index is 10.8. The Morgan fingerprint density at radius 3 is 2.50 bits per heavy atom. The van der Waals surface area contributed by atoms with Gasteiger partial charge in [0.1, 0.15) is 5.54 Å². The van der Waals surface area contributed by atoms with Gasteiger partial charge in [-0.05, 0) is 57.8 Å². The van der Waals surface area contributed by atoms with Gasteiger partial charge >= 0.3 is 5.97 Å². The van der Waals surface area contributed by atoms with Crippen LogP contribution in [0.25, 0.3) is 0 Å². The van der Waals surface area contributed by atoms with Crippen LogP contribution in [0.5, 0.6) is 0 Å². The Hall–Kier alpha value is -0.610. The van der Waals surface area contributed by atoms with Crippen molar-refractivity contribution in [2.75, 3.05) is 6.61 Å². The number of carboxylic acids is 1. The van der Waals surface area contributed by atoms with Crippen LogP contribution < -0.4 is 5.73 Å². The Morgan fingerprint density at radius 2 is 1.94 bits per heavy atom. The first-order valence-electron chi connectivity index (χ1n) is 7.05. The number of carbonyl (C=O) groups is 1. The largest absolute Gasteiger partial charge is 0.480 e. The van der Waals surface area contributed by atoms with Crippen LogP contribution in [0.1, 0.15) is 58.8 Å². The molecule has 0 aromatic rings. The predicted octanol–water partition coefficient (Wildman–Crippen LogP) is 2.55. The van der Waals surface area contributed by atoms with Crippen molar-refractivity contribution in [3.8, 4) is 0 Å². The summed E-state index contributed by atoms with van der Waals surface area (Å²) in [7, 11) is 0. The van der Waals surface area contributed by atoms with E-state index in [1.54, 1.807) is 6.92 Å². The summed E-state index contributed by atoms with van der Waals surface area (Å²) in [6.07, 6.45) is 7.51. The highest BCUT2D eigenvalue weighted by Crippen LogP contribution is 2.25. The first-order chi connectivity index (χ1) is 8.42. The highest BCUT2D eigenvalue weighted by atomic mass is 16.5. The molecule has 1 aliphatic rings. The Balaban J connectivity index is 2.04. The topological polar surface area (TPSA) is 72.5 Å². The number of hydrogen-bond acceptors (Lipinski definition) is 3. The molecular formula is C14H27NO3. The highest BCUT2D eigenvalue weighted by Gasteiger charge is 2.26. The standard InChI is InChI=1S/C14H27NO3/c1-11-5-7-12(8-6-11)18-10-4-3-9-14(2,15)13(16)17/h11-12H,3-10,15H2,1-2H3,(H,16,17). The van der Waals surface area contributed by atoms with Crippen molar-refractivity contribution in [3.63, 3.8) is 0 Å². The van der Waals surface area contributed by atoms with Gasteiger partial charge in [0.2, 0.25) is 0 Å². The molecule has 0 bridgehead atoms. The highest BCUT2D eigenvalue weighted by molar-refractivity contribution is 5.77. The Kier molecular flexibility index (Phi) is 6.09. The number of unbranched alkanes of at least 4 members (excludes halogenated alkanes) is 1. The average molecular weight is 257 g/mol. The lowest BCUT2D eigenvalue weighted by Crippen LogP contribution is -2.44. The van der Waals surface area contributed by atoms with E-state index < -0.39 is 11.5 Å². The molecule has 1 fully saturated rings. The van der Waals surface area contributed by atoms with Crippen molar-refractivity contribution >= 4 is 5.97 Å². The van der Waals surface area contributed by atoms with Crippen LogP contribution in [0.3, 0.4) is 0 Å². The SMILES string of the molecule is CC1CCC(OCCCCC(C)(N)C(=O)O)CC1. The Bertz CT molecular complexity index is 258. The van der Waals surface area contributed by atoms with Gasteiger partial charge in [-0.15, -0.1) is 0 Å². The summed E-state index contributed by atoms with van der Waals surface area (Å²) in [4.78, 5) is 10.8. The number of rotatable bonds is 7. The summed E-state index contributed by atoms with van der Waals surface area (Å²) < 4.78 is 5.82. The smallest absolute Gasteiger partial charge is 0.323 e. The van der Waals surface area contributed by atoms with Gasteiger partial charge in [0.05, 0.1) is 6.10 Å². The summed E-state index contributed by atoms with van der Waals surface area (Å²) in [6.45, 7) is 4.59. The molecular weight excluding hydrogens is 230 g/mol. The molecule has 0 spiro atoms. The zero-order valence-electron chi connectivity index (χ0n) is 11.7. The van der Waals surface area contributed by atoms with E-state index in [1.807, 2.05) is 0 Å². The minimum absolute atomic E-state index is 0.421. The van der Waals surface area contributed by atoms with Gasteiger partial charge in [-0.2, -0.15) is 0 Å². The van der Waals surface area contributed by atoms with Crippen molar-refractivity contribution in [1.29, 1.82) is 0 Å². The normalized spacial score (nSPS) is 27.7. The average Bonchev–Trinajstić information content (AvgIpc) is 2.31. The zero-order chi connectivity index (χ0) is 13.6. The van der Waals surface area contributed by atoms with Gasteiger partial charge in [0.15, 0.2) is 0 Å². The van der Waals surface area contributed by atoms with Crippen LogP contribution >= 0.6 is 0 Å². The molecule has 0 aliphatic heterocycles. The molecule has 18 heavy (non-hydrogen) atoms. The van der Waals surface area contributed by atoms with E-state index in [1.165, 1.54) is 25.7 Å². The fraction of sp³-hybridized carbons (Fsp3) is 0.929. The second-order valence-electron chi connectivity index (χ2n) is 5.93. The molecule has 0 aromatic carbocycles. The lowest BCUT2D eigenvalue weighted by Gasteiger charge is -2.26. The molecule has 1 aliphatic carbocycles. The first-order valence-corrected chi connectivity index (χ1v) is 7.05. The summed E-state index contributed by atoms with van der Waals surface area (Å²) in [5.74, 6) is -0.0805. The lowest BCUT2D eigenvalue weighted by molar-refractivity contribution is -0.143. The van der Waals surface area contributed by atoms with Gasteiger partial charge in [-0.3, -0.25) is 4.79 Å². The molecule has 1 unspecified atom stereocenters. The zero-order valence-corrected chi connectivity index (χ0v) is 11.7. The monoisotopic (exact) mass is 257 g/mol. The van der Waals surface area contributed by atoms with Gasteiger partial charge < -0.3 is 15.6 Å². The summed E-state index contributed by atoms with van der Waals surface area (Å²) in [5, 5.41) is 8.87. The van der Waals surface area contributed by atoms with Gasteiger partial charge in [0, 0.05) is 6.61 Å². The molecule has 1 saturated carbocycles. The van der Waals surface area contributed by atoms with Crippen molar-refractivity contribution in [1.82, 2.24) is 0 Å². The van der Waals surface area contributed by atoms with Gasteiger partial charge in [-0.1, -0.05) is 6.92 Å². The second kappa shape index (κ2) is 7.10. The third-order valence-electron chi connectivity index (χ3n) is 3.90. The minimum atomic E-state index is -1.10. The summed E-state index contributed by atoms with van der Waals surface area (Å²) in [6, 6.07) is 0. The van der Waals surface area contributed by atoms with Crippen LogP contribution in [0.4, 0.5) is 0 Å². The van der Waals surface area contributed by atoms with Crippen LogP contribution in [0.2, 0.25) is 0 Å². The maximum Gasteiger partial charge on any atom is 0.323 e. The van der Waals surface area contributed by atoms with Gasteiger partial charge in [0.25, 0.3) is 0 Å². The van der Waals surface area contributed by atoms with E-state index in [0.29, 0.717) is 12.5 Å².